The number of benzene rings is 3. The maximum atomic E-state index is 12.7. The molecule has 0 aliphatic heterocycles. The van der Waals surface area contributed by atoms with Crippen molar-refractivity contribution in [2.75, 3.05) is 6.61 Å². The van der Waals surface area contributed by atoms with Crippen molar-refractivity contribution in [3.05, 3.63) is 97.6 Å². The second kappa shape index (κ2) is 12.4. The zero-order valence-electron chi connectivity index (χ0n) is 18.8. The van der Waals surface area contributed by atoms with Gasteiger partial charge in [-0.25, -0.2) is 0 Å². The number of hydrogen-bond acceptors (Lipinski definition) is 4. The molecule has 0 aromatic heterocycles. The van der Waals surface area contributed by atoms with Gasteiger partial charge in [-0.2, -0.15) is 5.26 Å². The van der Waals surface area contributed by atoms with Crippen LogP contribution in [0.1, 0.15) is 36.6 Å². The van der Waals surface area contributed by atoms with Crippen molar-refractivity contribution in [3.63, 3.8) is 0 Å². The molecule has 1 amide bonds. The second-order valence-electron chi connectivity index (χ2n) is 7.42. The maximum absolute atomic E-state index is 12.7. The van der Waals surface area contributed by atoms with E-state index in [1.165, 1.54) is 0 Å². The first kappa shape index (κ1) is 25.6. The van der Waals surface area contributed by atoms with Gasteiger partial charge in [-0.15, -0.1) is 0 Å². The van der Waals surface area contributed by atoms with Crippen LogP contribution in [0.2, 0.25) is 5.02 Å². The van der Waals surface area contributed by atoms with E-state index in [0.717, 1.165) is 14.7 Å². The summed E-state index contributed by atoms with van der Waals surface area (Å²) in [6, 6.07) is 22.5. The highest BCUT2D eigenvalue weighted by Gasteiger charge is 2.16. The molecule has 7 heteroatoms. The number of nitrogens with one attached hydrogen (secondary N) is 1. The molecular formula is C27H24ClIN2O3. The second-order valence-corrected chi connectivity index (χ2v) is 8.99. The molecule has 174 valence electrons. The molecule has 0 heterocycles. The molecule has 1 N–H and O–H groups in total. The normalized spacial score (nSPS) is 11.9. The van der Waals surface area contributed by atoms with Crippen LogP contribution in [0.15, 0.2) is 72.3 Å². The number of halogens is 2. The Hall–Kier alpha value is -3.02. The zero-order valence-corrected chi connectivity index (χ0v) is 21.8. The molecule has 5 nitrogen and oxygen atoms in total. The fraction of sp³-hybridized carbons (Fsp3) is 0.185. The summed E-state index contributed by atoms with van der Waals surface area (Å²) in [6.07, 6.45) is 1.55. The highest BCUT2D eigenvalue weighted by molar-refractivity contribution is 14.1. The van der Waals surface area contributed by atoms with E-state index in [2.05, 4.69) is 27.9 Å². The predicted molar refractivity (Wildman–Crippen MR) is 143 cm³/mol. The van der Waals surface area contributed by atoms with Gasteiger partial charge in [0.2, 0.25) is 0 Å². The zero-order chi connectivity index (χ0) is 24.5. The summed E-state index contributed by atoms with van der Waals surface area (Å²) >= 11 is 8.40. The van der Waals surface area contributed by atoms with Crippen molar-refractivity contribution in [3.8, 4) is 17.6 Å². The SMILES string of the molecule is CCOc1cc(/C=C(/C#N)C(=O)N[C@@H](C)c2ccccc2)cc(I)c1OCc1ccccc1Cl. The van der Waals surface area contributed by atoms with E-state index in [9.17, 15) is 10.1 Å². The number of rotatable bonds is 9. The number of nitrogens with zero attached hydrogens (tertiary/aromatic N) is 1. The van der Waals surface area contributed by atoms with Crippen LogP contribution in [-0.4, -0.2) is 12.5 Å². The lowest BCUT2D eigenvalue weighted by Crippen LogP contribution is -2.27. The summed E-state index contributed by atoms with van der Waals surface area (Å²) < 4.78 is 12.6. The van der Waals surface area contributed by atoms with E-state index in [4.69, 9.17) is 21.1 Å². The van der Waals surface area contributed by atoms with Gasteiger partial charge >= 0.3 is 0 Å². The molecule has 0 aliphatic carbocycles. The van der Waals surface area contributed by atoms with Crippen LogP contribution in [0.3, 0.4) is 0 Å². The minimum absolute atomic E-state index is 0.00534. The van der Waals surface area contributed by atoms with Crippen molar-refractivity contribution in [1.29, 1.82) is 5.26 Å². The number of amides is 1. The van der Waals surface area contributed by atoms with E-state index in [-0.39, 0.29) is 18.2 Å². The third-order valence-electron chi connectivity index (χ3n) is 4.98. The van der Waals surface area contributed by atoms with Crippen molar-refractivity contribution in [2.24, 2.45) is 0 Å². The van der Waals surface area contributed by atoms with Gasteiger partial charge in [-0.05, 0) is 71.8 Å². The standard InChI is InChI=1S/C27H24ClIN2O3/c1-3-33-25-15-19(14-24(29)26(25)34-17-21-11-7-8-12-23(21)28)13-22(16-30)27(32)31-18(2)20-9-5-4-6-10-20/h4-15,18H,3,17H2,1-2H3,(H,31,32)/b22-13-/t18-/m0/s1. The highest BCUT2D eigenvalue weighted by atomic mass is 127. The third kappa shape index (κ3) is 6.75. The molecule has 0 unspecified atom stereocenters. The summed E-state index contributed by atoms with van der Waals surface area (Å²) in [4.78, 5) is 12.7. The third-order valence-corrected chi connectivity index (χ3v) is 6.15. The van der Waals surface area contributed by atoms with Gasteiger partial charge in [0.25, 0.3) is 5.91 Å². The van der Waals surface area contributed by atoms with E-state index < -0.39 is 5.91 Å². The Kier molecular flexibility index (Phi) is 9.37. The van der Waals surface area contributed by atoms with Crippen LogP contribution in [0.5, 0.6) is 11.5 Å². The van der Waals surface area contributed by atoms with E-state index in [1.54, 1.807) is 12.1 Å². The molecule has 0 bridgehead atoms. The molecule has 3 aromatic rings. The number of ether oxygens (including phenoxy) is 2. The fourth-order valence-electron chi connectivity index (χ4n) is 3.25. The Morgan fingerprint density at radius 2 is 1.85 bits per heavy atom. The van der Waals surface area contributed by atoms with E-state index in [1.807, 2.05) is 80.6 Å². The fourth-order valence-corrected chi connectivity index (χ4v) is 4.23. The van der Waals surface area contributed by atoms with Crippen molar-refractivity contribution in [1.82, 2.24) is 5.32 Å². The van der Waals surface area contributed by atoms with Gasteiger partial charge in [0.1, 0.15) is 18.2 Å². The largest absolute Gasteiger partial charge is 0.490 e. The van der Waals surface area contributed by atoms with Gasteiger partial charge in [0.15, 0.2) is 11.5 Å². The van der Waals surface area contributed by atoms with Crippen molar-refractivity contribution in [2.45, 2.75) is 26.5 Å². The summed E-state index contributed by atoms with van der Waals surface area (Å²) in [5.74, 6) is 0.675. The minimum atomic E-state index is -0.439. The van der Waals surface area contributed by atoms with Crippen LogP contribution in [0.25, 0.3) is 6.08 Å². The van der Waals surface area contributed by atoms with E-state index in [0.29, 0.717) is 28.7 Å². The Bertz CT molecular complexity index is 1220. The van der Waals surface area contributed by atoms with Gasteiger partial charge in [-0.1, -0.05) is 60.1 Å². The van der Waals surface area contributed by atoms with Crippen molar-refractivity contribution >= 4 is 46.2 Å². The first-order chi connectivity index (χ1) is 16.4. The topological polar surface area (TPSA) is 71.3 Å². The van der Waals surface area contributed by atoms with E-state index >= 15 is 0 Å². The van der Waals surface area contributed by atoms with Gasteiger partial charge in [-0.3, -0.25) is 4.79 Å². The molecular weight excluding hydrogens is 563 g/mol. The quantitative estimate of drug-likeness (QED) is 0.172. The van der Waals surface area contributed by atoms with Gasteiger partial charge in [0.05, 0.1) is 16.2 Å². The Labute approximate surface area is 218 Å². The van der Waals surface area contributed by atoms with Crippen LogP contribution < -0.4 is 14.8 Å². The molecule has 1 atom stereocenters. The lowest BCUT2D eigenvalue weighted by molar-refractivity contribution is -0.117. The molecule has 3 rings (SSSR count). The highest BCUT2D eigenvalue weighted by Crippen LogP contribution is 2.36. The lowest BCUT2D eigenvalue weighted by atomic mass is 10.1. The average molecular weight is 587 g/mol. The smallest absolute Gasteiger partial charge is 0.262 e. The lowest BCUT2D eigenvalue weighted by Gasteiger charge is -2.16. The number of nitriles is 1. The average Bonchev–Trinajstić information content (AvgIpc) is 2.83. The summed E-state index contributed by atoms with van der Waals surface area (Å²) in [5, 5.41) is 13.1. The molecule has 0 saturated heterocycles. The van der Waals surface area contributed by atoms with Crippen molar-refractivity contribution < 1.29 is 14.3 Å². The summed E-state index contributed by atoms with van der Waals surface area (Å²) in [5.41, 5.74) is 2.49. The Balaban J connectivity index is 1.83. The summed E-state index contributed by atoms with van der Waals surface area (Å²) in [7, 11) is 0. The monoisotopic (exact) mass is 586 g/mol. The Morgan fingerprint density at radius 1 is 1.15 bits per heavy atom. The molecule has 3 aromatic carbocycles. The molecule has 0 spiro atoms. The predicted octanol–water partition coefficient (Wildman–Crippen LogP) is 6.71. The van der Waals surface area contributed by atoms with Gasteiger partial charge < -0.3 is 14.8 Å². The molecule has 0 saturated carbocycles. The molecule has 34 heavy (non-hydrogen) atoms. The van der Waals surface area contributed by atoms with Crippen LogP contribution in [-0.2, 0) is 11.4 Å². The van der Waals surface area contributed by atoms with Crippen LogP contribution >= 0.6 is 34.2 Å². The number of carbonyl (C=O) groups excluding carboxylic acids is 1. The molecule has 0 fully saturated rings. The summed E-state index contributed by atoms with van der Waals surface area (Å²) in [6.45, 7) is 4.48. The number of hydrogen-bond donors (Lipinski definition) is 1. The maximum Gasteiger partial charge on any atom is 0.262 e. The van der Waals surface area contributed by atoms with Crippen LogP contribution in [0, 0.1) is 14.9 Å². The Morgan fingerprint density at radius 3 is 2.53 bits per heavy atom. The van der Waals surface area contributed by atoms with Gasteiger partial charge in [0, 0.05) is 10.6 Å². The molecule has 0 radical (unpaired) electrons. The minimum Gasteiger partial charge on any atom is -0.490 e. The van der Waals surface area contributed by atoms with Crippen LogP contribution in [0.4, 0.5) is 0 Å². The molecule has 0 aliphatic rings. The first-order valence-electron chi connectivity index (χ1n) is 10.7. The first-order valence-corrected chi connectivity index (χ1v) is 12.2. The number of carbonyl (C=O) groups is 1.